The van der Waals surface area contributed by atoms with Crippen LogP contribution in [0.2, 0.25) is 0 Å². The number of benzene rings is 1. The summed E-state index contributed by atoms with van der Waals surface area (Å²) in [7, 11) is 0. The topological polar surface area (TPSA) is 32.3 Å². The summed E-state index contributed by atoms with van der Waals surface area (Å²) in [4.78, 5) is 15.3. The van der Waals surface area contributed by atoms with Crippen molar-refractivity contribution in [1.82, 2.24) is 10.2 Å². The molecule has 0 bridgehead atoms. The Labute approximate surface area is 127 Å². The van der Waals surface area contributed by atoms with Crippen molar-refractivity contribution in [1.29, 1.82) is 0 Å². The third-order valence-corrected chi connectivity index (χ3v) is 5.27. The van der Waals surface area contributed by atoms with Crippen molar-refractivity contribution in [2.75, 3.05) is 19.6 Å². The second-order valence-corrected chi connectivity index (χ2v) is 6.85. The first-order valence-corrected chi connectivity index (χ1v) is 8.21. The molecule has 1 unspecified atom stereocenters. The van der Waals surface area contributed by atoms with E-state index in [-0.39, 0.29) is 11.5 Å². The molecule has 21 heavy (non-hydrogen) atoms. The first-order valence-electron chi connectivity index (χ1n) is 8.21. The Hall–Kier alpha value is -1.35. The number of carbonyl (C=O) groups excluding carboxylic acids is 1. The minimum absolute atomic E-state index is 0.00161. The minimum atomic E-state index is -0.00161. The first-order chi connectivity index (χ1) is 10.1. The van der Waals surface area contributed by atoms with E-state index >= 15 is 0 Å². The van der Waals surface area contributed by atoms with Crippen molar-refractivity contribution in [3.05, 3.63) is 35.9 Å². The Morgan fingerprint density at radius 3 is 2.33 bits per heavy atom. The molecule has 2 heterocycles. The number of nitrogens with one attached hydrogen (secondary N) is 1. The van der Waals surface area contributed by atoms with Crippen LogP contribution in [-0.2, 0) is 4.79 Å². The van der Waals surface area contributed by atoms with Gasteiger partial charge in [0, 0.05) is 12.1 Å². The summed E-state index contributed by atoms with van der Waals surface area (Å²) in [6.07, 6.45) is 3.40. The third kappa shape index (κ3) is 2.59. The zero-order valence-corrected chi connectivity index (χ0v) is 13.1. The molecule has 2 fully saturated rings. The second kappa shape index (κ2) is 5.80. The average molecular weight is 286 g/mol. The molecule has 0 radical (unpaired) electrons. The summed E-state index contributed by atoms with van der Waals surface area (Å²) >= 11 is 0. The molecule has 2 aliphatic heterocycles. The van der Waals surface area contributed by atoms with Crippen LogP contribution >= 0.6 is 0 Å². The molecular weight excluding hydrogens is 260 g/mol. The van der Waals surface area contributed by atoms with Gasteiger partial charge in [0.15, 0.2) is 0 Å². The summed E-state index contributed by atoms with van der Waals surface area (Å²) in [6, 6.07) is 10.3. The lowest BCUT2D eigenvalue weighted by molar-refractivity contribution is -0.152. The fourth-order valence-electron chi connectivity index (χ4n) is 3.94. The normalized spacial score (nSPS) is 22.1. The molecule has 3 rings (SSSR count). The highest BCUT2D eigenvalue weighted by Gasteiger charge is 2.49. The molecule has 2 aliphatic rings. The molecule has 2 saturated heterocycles. The fraction of sp³-hybridized carbons (Fsp3) is 0.611. The van der Waals surface area contributed by atoms with Crippen LogP contribution in [0.1, 0.15) is 44.6 Å². The second-order valence-electron chi connectivity index (χ2n) is 6.85. The Morgan fingerprint density at radius 1 is 1.14 bits per heavy atom. The van der Waals surface area contributed by atoms with Gasteiger partial charge in [0.1, 0.15) is 0 Å². The molecule has 3 heteroatoms. The predicted octanol–water partition coefficient (Wildman–Crippen LogP) is 2.78. The van der Waals surface area contributed by atoms with Crippen LogP contribution in [0.5, 0.6) is 0 Å². The van der Waals surface area contributed by atoms with Crippen molar-refractivity contribution in [3.63, 3.8) is 0 Å². The lowest BCUT2D eigenvalue weighted by atomic mass is 9.74. The number of likely N-dealkylation sites (tertiary alicyclic amines) is 1. The highest BCUT2D eigenvalue weighted by molar-refractivity contribution is 5.85. The van der Waals surface area contributed by atoms with E-state index in [9.17, 15) is 4.79 Å². The highest BCUT2D eigenvalue weighted by atomic mass is 16.2. The molecule has 1 aromatic carbocycles. The summed E-state index contributed by atoms with van der Waals surface area (Å²) in [5, 5.41) is 3.41. The lowest BCUT2D eigenvalue weighted by Gasteiger charge is -2.56. The van der Waals surface area contributed by atoms with E-state index in [4.69, 9.17) is 0 Å². The van der Waals surface area contributed by atoms with Crippen molar-refractivity contribution in [3.8, 4) is 0 Å². The fourth-order valence-corrected chi connectivity index (χ4v) is 3.94. The van der Waals surface area contributed by atoms with Crippen molar-refractivity contribution in [2.24, 2.45) is 5.92 Å². The van der Waals surface area contributed by atoms with Gasteiger partial charge in [0.25, 0.3) is 0 Å². The molecule has 1 spiro atoms. The number of carbonyl (C=O) groups is 1. The molecule has 3 nitrogen and oxygen atoms in total. The van der Waals surface area contributed by atoms with E-state index in [1.165, 1.54) is 6.42 Å². The summed E-state index contributed by atoms with van der Waals surface area (Å²) in [6.45, 7) is 7.34. The highest BCUT2D eigenvalue weighted by Crippen LogP contribution is 2.41. The molecule has 114 valence electrons. The zero-order valence-electron chi connectivity index (χ0n) is 13.1. The Morgan fingerprint density at radius 2 is 1.81 bits per heavy atom. The Bertz CT molecular complexity index is 491. The van der Waals surface area contributed by atoms with Gasteiger partial charge in [-0.3, -0.25) is 4.79 Å². The van der Waals surface area contributed by atoms with Gasteiger partial charge in [0.05, 0.1) is 5.92 Å². The van der Waals surface area contributed by atoms with Crippen LogP contribution < -0.4 is 5.32 Å². The molecule has 1 N–H and O–H groups in total. The number of rotatable bonds is 3. The smallest absolute Gasteiger partial charge is 0.230 e. The van der Waals surface area contributed by atoms with Crippen LogP contribution in [0.25, 0.3) is 0 Å². The Kier molecular flexibility index (Phi) is 4.03. The quantitative estimate of drug-likeness (QED) is 0.926. The van der Waals surface area contributed by atoms with Gasteiger partial charge < -0.3 is 10.2 Å². The van der Waals surface area contributed by atoms with Crippen LogP contribution in [0.3, 0.4) is 0 Å². The van der Waals surface area contributed by atoms with Gasteiger partial charge in [-0.25, -0.2) is 0 Å². The molecule has 0 aliphatic carbocycles. The molecule has 1 atom stereocenters. The minimum Gasteiger partial charge on any atom is -0.336 e. The van der Waals surface area contributed by atoms with Crippen LogP contribution in [0.4, 0.5) is 0 Å². The average Bonchev–Trinajstić information content (AvgIpc) is 2.48. The first kappa shape index (κ1) is 14.6. The van der Waals surface area contributed by atoms with E-state index < -0.39 is 0 Å². The predicted molar refractivity (Wildman–Crippen MR) is 85.2 cm³/mol. The van der Waals surface area contributed by atoms with Gasteiger partial charge in [-0.2, -0.15) is 0 Å². The van der Waals surface area contributed by atoms with Crippen LogP contribution in [0.15, 0.2) is 30.3 Å². The van der Waals surface area contributed by atoms with Gasteiger partial charge in [-0.1, -0.05) is 44.2 Å². The van der Waals surface area contributed by atoms with E-state index in [0.717, 1.165) is 38.0 Å². The molecule has 1 aromatic rings. The zero-order chi connectivity index (χ0) is 14.9. The number of hydrogen-bond acceptors (Lipinski definition) is 2. The van der Waals surface area contributed by atoms with Crippen LogP contribution in [-0.4, -0.2) is 36.0 Å². The van der Waals surface area contributed by atoms with Crippen LogP contribution in [0, 0.1) is 5.92 Å². The number of nitrogens with zero attached hydrogens (tertiary/aromatic N) is 1. The van der Waals surface area contributed by atoms with E-state index in [0.29, 0.717) is 11.8 Å². The number of piperidine rings is 1. The van der Waals surface area contributed by atoms with Gasteiger partial charge in [0.2, 0.25) is 5.91 Å². The molecule has 0 saturated carbocycles. The standard InChI is InChI=1S/C18H26N2O/c1-14(2)16(15-6-4-3-5-7-15)17(21)20-13-10-18(20)8-11-19-12-9-18/h3-7,14,16,19H,8-13H2,1-2H3. The maximum atomic E-state index is 13.1. The van der Waals surface area contributed by atoms with Crippen molar-refractivity contribution in [2.45, 2.75) is 44.6 Å². The van der Waals surface area contributed by atoms with E-state index in [1.807, 2.05) is 18.2 Å². The lowest BCUT2D eigenvalue weighted by Crippen LogP contribution is -2.66. The molecule has 1 amide bonds. The Balaban J connectivity index is 1.82. The maximum absolute atomic E-state index is 13.1. The van der Waals surface area contributed by atoms with Gasteiger partial charge >= 0.3 is 0 Å². The van der Waals surface area contributed by atoms with Gasteiger partial charge in [-0.15, -0.1) is 0 Å². The van der Waals surface area contributed by atoms with Gasteiger partial charge in [-0.05, 0) is 43.8 Å². The SMILES string of the molecule is CC(C)C(C(=O)N1CCC12CCNCC2)c1ccccc1. The summed E-state index contributed by atoms with van der Waals surface area (Å²) < 4.78 is 0. The number of amides is 1. The van der Waals surface area contributed by atoms with E-state index in [2.05, 4.69) is 36.2 Å². The third-order valence-electron chi connectivity index (χ3n) is 5.27. The molecular formula is C18H26N2O. The molecule has 0 aromatic heterocycles. The summed E-state index contributed by atoms with van der Waals surface area (Å²) in [5.41, 5.74) is 1.32. The van der Waals surface area contributed by atoms with Crippen molar-refractivity contribution < 1.29 is 4.79 Å². The van der Waals surface area contributed by atoms with E-state index in [1.54, 1.807) is 0 Å². The summed E-state index contributed by atoms with van der Waals surface area (Å²) in [5.74, 6) is 0.668. The number of hydrogen-bond donors (Lipinski definition) is 1. The monoisotopic (exact) mass is 286 g/mol. The maximum Gasteiger partial charge on any atom is 0.230 e. The van der Waals surface area contributed by atoms with Crippen molar-refractivity contribution >= 4 is 5.91 Å². The largest absolute Gasteiger partial charge is 0.336 e.